The third-order valence-corrected chi connectivity index (χ3v) is 9.38. The second kappa shape index (κ2) is 9.60. The number of hydrogen-bond acceptors (Lipinski definition) is 6. The molecule has 3 aliphatic heterocycles. The van der Waals surface area contributed by atoms with Gasteiger partial charge in [-0.25, -0.2) is 17.2 Å². The summed E-state index contributed by atoms with van der Waals surface area (Å²) in [6, 6.07) is 11.7. The molecule has 0 aliphatic carbocycles. The molecule has 0 unspecified atom stereocenters. The molecule has 0 saturated carbocycles. The van der Waals surface area contributed by atoms with Crippen molar-refractivity contribution in [2.45, 2.75) is 30.9 Å². The highest BCUT2D eigenvalue weighted by Gasteiger charge is 2.50. The number of ether oxygens (including phenoxy) is 2. The molecule has 0 aromatic heterocycles. The predicted molar refractivity (Wildman–Crippen MR) is 146 cm³/mol. The van der Waals surface area contributed by atoms with Crippen LogP contribution in [0.2, 0.25) is 5.02 Å². The van der Waals surface area contributed by atoms with E-state index in [2.05, 4.69) is 5.32 Å². The summed E-state index contributed by atoms with van der Waals surface area (Å²) in [7, 11) is -3.83. The number of halogens is 3. The molecule has 8 nitrogen and oxygen atoms in total. The van der Waals surface area contributed by atoms with Crippen LogP contribution in [0.15, 0.2) is 42.5 Å². The predicted octanol–water partition coefficient (Wildman–Crippen LogP) is 4.12. The Morgan fingerprint density at radius 3 is 2.60 bits per heavy atom. The fourth-order valence-corrected chi connectivity index (χ4v) is 7.26. The van der Waals surface area contributed by atoms with Crippen LogP contribution in [0.1, 0.15) is 34.3 Å². The Balaban J connectivity index is 1.61. The SMILES string of the molecule is CS(=O)(=O)N1CCOc2c1cc(C(N)=O)c(-c1c(Cl)c(F)cc3c1C[C@](c1ccccc1)([C@@H]1CCCN1)O3)c2F. The molecular formula is C28H26ClF2N3O5S. The van der Waals surface area contributed by atoms with Crippen LogP contribution in [-0.2, 0) is 22.0 Å². The zero-order valence-corrected chi connectivity index (χ0v) is 23.0. The lowest BCUT2D eigenvalue weighted by Crippen LogP contribution is -2.48. The highest BCUT2D eigenvalue weighted by Crippen LogP contribution is 2.53. The van der Waals surface area contributed by atoms with Crippen molar-refractivity contribution in [3.05, 3.63) is 75.8 Å². The van der Waals surface area contributed by atoms with Crippen molar-refractivity contribution < 1.29 is 31.5 Å². The number of anilines is 1. The van der Waals surface area contributed by atoms with Gasteiger partial charge in [0.15, 0.2) is 17.2 Å². The zero-order chi connectivity index (χ0) is 28.4. The van der Waals surface area contributed by atoms with E-state index in [1.165, 1.54) is 6.07 Å². The van der Waals surface area contributed by atoms with E-state index in [1.54, 1.807) is 0 Å². The Morgan fingerprint density at radius 1 is 1.20 bits per heavy atom. The van der Waals surface area contributed by atoms with Gasteiger partial charge in [-0.05, 0) is 31.0 Å². The van der Waals surface area contributed by atoms with Crippen LogP contribution in [0.4, 0.5) is 14.5 Å². The van der Waals surface area contributed by atoms with E-state index in [4.69, 9.17) is 26.8 Å². The highest BCUT2D eigenvalue weighted by molar-refractivity contribution is 7.92. The normalized spacial score (nSPS) is 21.9. The number of rotatable bonds is 5. The zero-order valence-electron chi connectivity index (χ0n) is 21.5. The number of carbonyl (C=O) groups excluding carboxylic acids is 1. The third kappa shape index (κ3) is 4.10. The maximum absolute atomic E-state index is 16.4. The maximum Gasteiger partial charge on any atom is 0.249 e. The minimum atomic E-state index is -3.83. The van der Waals surface area contributed by atoms with Gasteiger partial charge in [0.2, 0.25) is 15.9 Å². The van der Waals surface area contributed by atoms with Crippen LogP contribution in [0.5, 0.6) is 11.5 Å². The fraction of sp³-hybridized carbons (Fsp3) is 0.321. The molecule has 3 aliphatic rings. The summed E-state index contributed by atoms with van der Waals surface area (Å²) in [5, 5.41) is 3.07. The number of sulfonamides is 1. The van der Waals surface area contributed by atoms with E-state index in [9.17, 15) is 13.2 Å². The fourth-order valence-electron chi connectivity index (χ4n) is 6.10. The average molecular weight is 590 g/mol. The van der Waals surface area contributed by atoms with Gasteiger partial charge in [-0.2, -0.15) is 0 Å². The van der Waals surface area contributed by atoms with E-state index >= 15 is 8.78 Å². The van der Waals surface area contributed by atoms with E-state index in [0.29, 0.717) is 5.56 Å². The standard InChI is InChI=1S/C28H26ClF2N3O5S/c1-40(36,37)34-10-11-38-26-19(34)12-16(27(32)35)23(25(26)31)22-17-14-28(21-8-5-9-33-21,15-6-3-2-4-7-15)39-20(17)13-18(30)24(22)29/h2-4,6-7,12-13,21,33H,5,8-11,14H2,1H3,(H2,32,35)/t21-,28-/m0/s1. The number of nitrogens with zero attached hydrogens (tertiary/aromatic N) is 1. The molecule has 210 valence electrons. The molecule has 0 bridgehead atoms. The molecule has 12 heteroatoms. The van der Waals surface area contributed by atoms with Crippen LogP contribution < -0.4 is 24.8 Å². The Morgan fingerprint density at radius 2 is 1.95 bits per heavy atom. The Kier molecular flexibility index (Phi) is 6.43. The summed E-state index contributed by atoms with van der Waals surface area (Å²) in [5.41, 5.74) is 5.02. The minimum absolute atomic E-state index is 0.0818. The van der Waals surface area contributed by atoms with Crippen molar-refractivity contribution in [1.82, 2.24) is 5.32 Å². The van der Waals surface area contributed by atoms with E-state index < -0.39 is 43.9 Å². The van der Waals surface area contributed by atoms with Crippen molar-refractivity contribution >= 4 is 33.2 Å². The summed E-state index contributed by atoms with van der Waals surface area (Å²) in [4.78, 5) is 12.7. The number of hydrogen-bond donors (Lipinski definition) is 2. The first-order valence-corrected chi connectivity index (χ1v) is 15.0. The number of nitrogens with one attached hydrogen (secondary N) is 1. The molecule has 3 aromatic carbocycles. The summed E-state index contributed by atoms with van der Waals surface area (Å²) in [6.45, 7) is 0.566. The topological polar surface area (TPSA) is 111 Å². The van der Waals surface area contributed by atoms with Gasteiger partial charge in [-0.15, -0.1) is 0 Å². The number of amides is 1. The average Bonchev–Trinajstić information content (AvgIpc) is 3.59. The largest absolute Gasteiger partial charge is 0.486 e. The molecule has 0 spiro atoms. The van der Waals surface area contributed by atoms with Crippen molar-refractivity contribution in [3.8, 4) is 22.6 Å². The molecule has 1 fully saturated rings. The monoisotopic (exact) mass is 589 g/mol. The van der Waals surface area contributed by atoms with Crippen LogP contribution >= 0.6 is 11.6 Å². The molecule has 0 radical (unpaired) electrons. The van der Waals surface area contributed by atoms with E-state index in [0.717, 1.165) is 41.6 Å². The van der Waals surface area contributed by atoms with Crippen LogP contribution in [0.25, 0.3) is 11.1 Å². The highest BCUT2D eigenvalue weighted by atomic mass is 35.5. The van der Waals surface area contributed by atoms with Crippen molar-refractivity contribution in [2.24, 2.45) is 5.73 Å². The van der Waals surface area contributed by atoms with E-state index in [1.807, 2.05) is 30.3 Å². The van der Waals surface area contributed by atoms with Crippen molar-refractivity contribution in [2.75, 3.05) is 30.3 Å². The summed E-state index contributed by atoms with van der Waals surface area (Å²) < 4.78 is 69.7. The van der Waals surface area contributed by atoms with Crippen LogP contribution in [-0.4, -0.2) is 46.3 Å². The number of carbonyl (C=O) groups is 1. The molecule has 6 rings (SSSR count). The maximum atomic E-state index is 16.4. The second-order valence-corrected chi connectivity index (χ2v) is 12.5. The molecule has 3 N–H and O–H groups in total. The number of nitrogens with two attached hydrogens (primary N) is 1. The Hall–Kier alpha value is -3.41. The first-order valence-electron chi connectivity index (χ1n) is 12.8. The number of primary amides is 1. The first-order chi connectivity index (χ1) is 19.0. The number of fused-ring (bicyclic) bond motifs is 2. The van der Waals surface area contributed by atoms with Crippen LogP contribution in [0, 0.1) is 11.6 Å². The lowest BCUT2D eigenvalue weighted by Gasteiger charge is -2.35. The molecule has 1 saturated heterocycles. The van der Waals surface area contributed by atoms with E-state index in [-0.39, 0.29) is 53.7 Å². The van der Waals surface area contributed by atoms with Gasteiger partial charge >= 0.3 is 0 Å². The van der Waals surface area contributed by atoms with Gasteiger partial charge in [-0.3, -0.25) is 9.10 Å². The molecular weight excluding hydrogens is 564 g/mol. The van der Waals surface area contributed by atoms with Gasteiger partial charge in [0, 0.05) is 29.2 Å². The third-order valence-electron chi connectivity index (χ3n) is 7.83. The van der Waals surface area contributed by atoms with Gasteiger partial charge < -0.3 is 20.5 Å². The molecule has 3 aromatic rings. The summed E-state index contributed by atoms with van der Waals surface area (Å²) in [5.74, 6) is -3.21. The molecule has 40 heavy (non-hydrogen) atoms. The Bertz CT molecular complexity index is 1650. The van der Waals surface area contributed by atoms with Crippen molar-refractivity contribution in [1.29, 1.82) is 0 Å². The molecule has 1 amide bonds. The van der Waals surface area contributed by atoms with Gasteiger partial charge in [0.25, 0.3) is 0 Å². The van der Waals surface area contributed by atoms with Gasteiger partial charge in [-0.1, -0.05) is 41.9 Å². The quantitative estimate of drug-likeness (QED) is 0.463. The number of benzene rings is 3. The van der Waals surface area contributed by atoms with Gasteiger partial charge in [0.1, 0.15) is 18.2 Å². The second-order valence-electron chi connectivity index (χ2n) is 10.2. The minimum Gasteiger partial charge on any atom is -0.486 e. The van der Waals surface area contributed by atoms with Crippen LogP contribution in [0.3, 0.4) is 0 Å². The lowest BCUT2D eigenvalue weighted by atomic mass is 9.80. The summed E-state index contributed by atoms with van der Waals surface area (Å²) in [6.07, 6.45) is 2.87. The first kappa shape index (κ1) is 26.8. The molecule has 2 atom stereocenters. The molecule has 3 heterocycles. The summed E-state index contributed by atoms with van der Waals surface area (Å²) >= 11 is 6.53. The van der Waals surface area contributed by atoms with Crippen molar-refractivity contribution in [3.63, 3.8) is 0 Å². The Labute approximate surface area is 235 Å². The van der Waals surface area contributed by atoms with Gasteiger partial charge in [0.05, 0.1) is 35.1 Å². The smallest absolute Gasteiger partial charge is 0.249 e. The lowest BCUT2D eigenvalue weighted by molar-refractivity contribution is 0.0539.